The summed E-state index contributed by atoms with van der Waals surface area (Å²) in [6.45, 7) is 3.34. The molecule has 1 N–H and O–H groups in total. The van der Waals surface area contributed by atoms with Gasteiger partial charge in [-0.2, -0.15) is 0 Å². The van der Waals surface area contributed by atoms with E-state index in [-0.39, 0.29) is 12.3 Å². The molecule has 1 amide bonds. The number of hydrogen-bond donors (Lipinski definition) is 1. The van der Waals surface area contributed by atoms with Gasteiger partial charge in [0.05, 0.1) is 10.7 Å². The van der Waals surface area contributed by atoms with Crippen LogP contribution in [0.25, 0.3) is 6.08 Å². The van der Waals surface area contributed by atoms with Crippen LogP contribution in [-0.4, -0.2) is 40.0 Å². The lowest BCUT2D eigenvalue weighted by Gasteiger charge is -2.31. The molecule has 1 aromatic rings. The average Bonchev–Trinajstić information content (AvgIpc) is 2.88. The Hall–Kier alpha value is -1.69. The minimum Gasteiger partial charge on any atom is -0.481 e. The Morgan fingerprint density at radius 2 is 2.38 bits per heavy atom. The molecular weight excluding hydrogens is 288 g/mol. The Labute approximate surface area is 128 Å². The maximum atomic E-state index is 12.2. The standard InChI is InChI=1S/C15H20N2O3S/c1-11-16-13(10-21-11)5-6-14(18)17-8-2-3-12(9-17)4-7-15(19)20/h5-6,10,12H,2-4,7-9H2,1H3,(H,19,20)/b6-5-/t12-/m0/s1. The molecule has 1 fully saturated rings. The van der Waals surface area contributed by atoms with Gasteiger partial charge in [0.1, 0.15) is 0 Å². The molecule has 0 radical (unpaired) electrons. The fraction of sp³-hybridized carbons (Fsp3) is 0.533. The van der Waals surface area contributed by atoms with Gasteiger partial charge < -0.3 is 10.0 Å². The number of carbonyl (C=O) groups is 2. The first kappa shape index (κ1) is 15.7. The number of carboxylic acids is 1. The van der Waals surface area contributed by atoms with E-state index in [0.717, 1.165) is 30.1 Å². The van der Waals surface area contributed by atoms with Gasteiger partial charge in [-0.15, -0.1) is 11.3 Å². The number of aryl methyl sites for hydroxylation is 1. The van der Waals surface area contributed by atoms with Crippen molar-refractivity contribution in [1.29, 1.82) is 0 Å². The number of nitrogens with zero attached hydrogens (tertiary/aromatic N) is 2. The maximum Gasteiger partial charge on any atom is 0.303 e. The van der Waals surface area contributed by atoms with Crippen LogP contribution in [0.5, 0.6) is 0 Å². The normalized spacial score (nSPS) is 19.1. The van der Waals surface area contributed by atoms with Crippen LogP contribution in [0.4, 0.5) is 0 Å². The van der Waals surface area contributed by atoms with Gasteiger partial charge in [0, 0.05) is 31.0 Å². The predicted molar refractivity (Wildman–Crippen MR) is 82.1 cm³/mol. The maximum absolute atomic E-state index is 12.2. The van der Waals surface area contributed by atoms with Crippen molar-refractivity contribution in [3.8, 4) is 0 Å². The van der Waals surface area contributed by atoms with Gasteiger partial charge in [-0.3, -0.25) is 9.59 Å². The van der Waals surface area contributed by atoms with Crippen molar-refractivity contribution in [3.05, 3.63) is 22.2 Å². The summed E-state index contributed by atoms with van der Waals surface area (Å²) >= 11 is 1.56. The molecular formula is C15H20N2O3S. The summed E-state index contributed by atoms with van der Waals surface area (Å²) in [5.74, 6) is -0.480. The number of carbonyl (C=O) groups excluding carboxylic acids is 1. The van der Waals surface area contributed by atoms with Crippen molar-refractivity contribution in [2.24, 2.45) is 5.92 Å². The van der Waals surface area contributed by atoms with E-state index in [1.54, 1.807) is 23.5 Å². The highest BCUT2D eigenvalue weighted by Crippen LogP contribution is 2.21. The Kier molecular flexibility index (Phi) is 5.50. The second kappa shape index (κ2) is 7.36. The van der Waals surface area contributed by atoms with Crippen LogP contribution in [0.15, 0.2) is 11.5 Å². The number of hydrogen-bond acceptors (Lipinski definition) is 4. The summed E-state index contributed by atoms with van der Waals surface area (Å²) < 4.78 is 0. The number of piperidine rings is 1. The van der Waals surface area contributed by atoms with Gasteiger partial charge in [-0.1, -0.05) is 0 Å². The van der Waals surface area contributed by atoms with Crippen molar-refractivity contribution >= 4 is 29.3 Å². The lowest BCUT2D eigenvalue weighted by atomic mass is 9.93. The summed E-state index contributed by atoms with van der Waals surface area (Å²) in [6, 6.07) is 0. The SMILES string of the molecule is Cc1nc(/C=C\C(=O)N2CCC[C@@H](CCC(=O)O)C2)cs1. The first-order valence-electron chi connectivity index (χ1n) is 7.15. The van der Waals surface area contributed by atoms with E-state index in [1.807, 2.05) is 17.2 Å². The zero-order chi connectivity index (χ0) is 15.2. The molecule has 2 heterocycles. The third-order valence-electron chi connectivity index (χ3n) is 3.63. The summed E-state index contributed by atoms with van der Waals surface area (Å²) in [5, 5.41) is 11.6. The van der Waals surface area contributed by atoms with Crippen LogP contribution < -0.4 is 0 Å². The van der Waals surface area contributed by atoms with Crippen LogP contribution in [0.1, 0.15) is 36.4 Å². The molecule has 1 saturated heterocycles. The molecule has 0 saturated carbocycles. The van der Waals surface area contributed by atoms with Crippen LogP contribution in [0, 0.1) is 12.8 Å². The third-order valence-corrected chi connectivity index (χ3v) is 4.42. The Balaban J connectivity index is 1.86. The molecule has 5 nitrogen and oxygen atoms in total. The zero-order valence-corrected chi connectivity index (χ0v) is 12.9. The Bertz CT molecular complexity index is 539. The van der Waals surface area contributed by atoms with Gasteiger partial charge in [0.15, 0.2) is 0 Å². The molecule has 2 rings (SSSR count). The number of rotatable bonds is 5. The number of carboxylic acid groups (broad SMARTS) is 1. The minimum atomic E-state index is -0.766. The minimum absolute atomic E-state index is 0.0133. The fourth-order valence-electron chi connectivity index (χ4n) is 2.55. The van der Waals surface area contributed by atoms with Crippen molar-refractivity contribution in [1.82, 2.24) is 9.88 Å². The van der Waals surface area contributed by atoms with Crippen LogP contribution in [0.2, 0.25) is 0 Å². The van der Waals surface area contributed by atoms with E-state index in [9.17, 15) is 9.59 Å². The van der Waals surface area contributed by atoms with Crippen molar-refractivity contribution in [2.45, 2.75) is 32.6 Å². The van der Waals surface area contributed by atoms with Crippen molar-refractivity contribution < 1.29 is 14.7 Å². The van der Waals surface area contributed by atoms with Gasteiger partial charge in [-0.25, -0.2) is 4.98 Å². The number of thiazole rings is 1. The molecule has 0 aromatic carbocycles. The average molecular weight is 308 g/mol. The predicted octanol–water partition coefficient (Wildman–Crippen LogP) is 2.57. The first-order valence-corrected chi connectivity index (χ1v) is 8.03. The van der Waals surface area contributed by atoms with Crippen LogP contribution >= 0.6 is 11.3 Å². The number of aliphatic carboxylic acids is 1. The van der Waals surface area contributed by atoms with Gasteiger partial charge in [-0.05, 0) is 38.2 Å². The smallest absolute Gasteiger partial charge is 0.303 e. The quantitative estimate of drug-likeness (QED) is 0.849. The van der Waals surface area contributed by atoms with E-state index in [4.69, 9.17) is 5.11 Å². The van der Waals surface area contributed by atoms with E-state index in [1.165, 1.54) is 0 Å². The van der Waals surface area contributed by atoms with Crippen LogP contribution in [0.3, 0.4) is 0 Å². The van der Waals surface area contributed by atoms with E-state index >= 15 is 0 Å². The molecule has 6 heteroatoms. The van der Waals surface area contributed by atoms with E-state index in [0.29, 0.717) is 18.9 Å². The molecule has 1 aliphatic heterocycles. The molecule has 0 spiro atoms. The van der Waals surface area contributed by atoms with E-state index < -0.39 is 5.97 Å². The zero-order valence-electron chi connectivity index (χ0n) is 12.1. The van der Waals surface area contributed by atoms with Crippen LogP contribution in [-0.2, 0) is 9.59 Å². The first-order chi connectivity index (χ1) is 10.0. The summed E-state index contributed by atoms with van der Waals surface area (Å²) in [7, 11) is 0. The molecule has 1 atom stereocenters. The molecule has 21 heavy (non-hydrogen) atoms. The highest BCUT2D eigenvalue weighted by Gasteiger charge is 2.22. The topological polar surface area (TPSA) is 70.5 Å². The lowest BCUT2D eigenvalue weighted by Crippen LogP contribution is -2.39. The van der Waals surface area contributed by atoms with Gasteiger partial charge in [0.25, 0.3) is 0 Å². The fourth-order valence-corrected chi connectivity index (χ4v) is 3.13. The monoisotopic (exact) mass is 308 g/mol. The summed E-state index contributed by atoms with van der Waals surface area (Å²) in [6.07, 6.45) is 6.08. The second-order valence-corrected chi connectivity index (χ2v) is 6.41. The molecule has 0 aliphatic carbocycles. The second-order valence-electron chi connectivity index (χ2n) is 5.35. The highest BCUT2D eigenvalue weighted by molar-refractivity contribution is 7.09. The Morgan fingerprint density at radius 1 is 1.57 bits per heavy atom. The third kappa shape index (κ3) is 4.97. The lowest BCUT2D eigenvalue weighted by molar-refractivity contribution is -0.137. The molecule has 114 valence electrons. The van der Waals surface area contributed by atoms with Crippen molar-refractivity contribution in [3.63, 3.8) is 0 Å². The summed E-state index contributed by atoms with van der Waals surface area (Å²) in [4.78, 5) is 28.9. The summed E-state index contributed by atoms with van der Waals surface area (Å²) in [5.41, 5.74) is 0.810. The molecule has 0 bridgehead atoms. The van der Waals surface area contributed by atoms with Gasteiger partial charge in [0.2, 0.25) is 5.91 Å². The number of likely N-dealkylation sites (tertiary alicyclic amines) is 1. The largest absolute Gasteiger partial charge is 0.481 e. The molecule has 1 aromatic heterocycles. The molecule has 0 unspecified atom stereocenters. The number of aromatic nitrogens is 1. The van der Waals surface area contributed by atoms with E-state index in [2.05, 4.69) is 4.98 Å². The number of amides is 1. The highest BCUT2D eigenvalue weighted by atomic mass is 32.1. The molecule has 1 aliphatic rings. The van der Waals surface area contributed by atoms with Gasteiger partial charge >= 0.3 is 5.97 Å². The van der Waals surface area contributed by atoms with Crippen molar-refractivity contribution in [2.75, 3.05) is 13.1 Å². The Morgan fingerprint density at radius 3 is 3.05 bits per heavy atom.